The number of nitrogens with two attached hydrogens (primary N) is 1. The number of aromatic nitrogens is 4. The Labute approximate surface area is 305 Å². The van der Waals surface area contributed by atoms with Crippen molar-refractivity contribution in [3.05, 3.63) is 99.1 Å². The van der Waals surface area contributed by atoms with Crippen molar-refractivity contribution < 1.29 is 23.8 Å². The van der Waals surface area contributed by atoms with E-state index in [1.165, 1.54) is 11.9 Å². The number of nitrogens with one attached hydrogen (secondary N) is 2. The Morgan fingerprint density at radius 2 is 1.85 bits per heavy atom. The molecule has 6 rings (SSSR count). The Morgan fingerprint density at radius 3 is 2.58 bits per heavy atom. The van der Waals surface area contributed by atoms with Crippen LogP contribution in [0.3, 0.4) is 0 Å². The molecule has 13 nitrogen and oxygen atoms in total. The number of imidazole rings is 1. The molecule has 3 heterocycles. The van der Waals surface area contributed by atoms with Gasteiger partial charge in [-0.05, 0) is 72.9 Å². The number of fused-ring (bicyclic) bond motifs is 4. The number of hydrogen-bond donors (Lipinski definition) is 3. The summed E-state index contributed by atoms with van der Waals surface area (Å²) in [6.45, 7) is 18.5. The SMILES string of the molecule is [C-]#[N+]/C(=C\c1cc2c(s1)-c1ccc(N(C)CCOC(=O)NCc3ccc(COc4nc(N)nc5nc[nH]c45)cc3)cc1C2(C)C)C(=O)OC(C)(C)C. The third-order valence-electron chi connectivity index (χ3n) is 8.56. The Balaban J connectivity index is 0.988. The highest BCUT2D eigenvalue weighted by Gasteiger charge is 2.37. The number of rotatable bonds is 11. The summed E-state index contributed by atoms with van der Waals surface area (Å²) in [5.74, 6) is -0.211. The maximum Gasteiger partial charge on any atom is 0.407 e. The van der Waals surface area contributed by atoms with Crippen LogP contribution in [0.1, 0.15) is 61.7 Å². The standard InChI is InChI=1S/C38H40N8O5S/c1-37(2,3)51-34(47)29(40-6)18-25-17-28-31(52-25)26-13-12-24(16-27(26)38(28,4)5)46(7)14-15-49-36(48)41-19-22-8-10-23(11-9-22)20-50-33-30-32(43-21-42-30)44-35(39)45-33/h8-13,16-18,21H,14-15,19-20H2,1-5,7H3,(H,41,48)(H3,39,42,43,44,45)/b29-18-. The molecule has 4 N–H and O–H groups in total. The van der Waals surface area contributed by atoms with Crippen molar-refractivity contribution in [3.63, 3.8) is 0 Å². The lowest BCUT2D eigenvalue weighted by Gasteiger charge is -2.24. The number of anilines is 2. The van der Waals surface area contributed by atoms with Crippen molar-refractivity contribution in [1.82, 2.24) is 25.3 Å². The summed E-state index contributed by atoms with van der Waals surface area (Å²) < 4.78 is 16.7. The number of carbonyl (C=O) groups excluding carboxylic acids is 2. The van der Waals surface area contributed by atoms with Gasteiger partial charge in [-0.3, -0.25) is 4.79 Å². The van der Waals surface area contributed by atoms with E-state index in [2.05, 4.69) is 73.1 Å². The normalized spacial score (nSPS) is 13.2. The zero-order chi connectivity index (χ0) is 37.2. The van der Waals surface area contributed by atoms with Gasteiger partial charge in [0.1, 0.15) is 24.3 Å². The van der Waals surface area contributed by atoms with Gasteiger partial charge < -0.3 is 35.1 Å². The highest BCUT2D eigenvalue weighted by atomic mass is 32.1. The lowest BCUT2D eigenvalue weighted by atomic mass is 9.82. The molecular weight excluding hydrogens is 681 g/mol. The summed E-state index contributed by atoms with van der Waals surface area (Å²) in [5.41, 5.74) is 12.1. The molecule has 14 heteroatoms. The maximum absolute atomic E-state index is 12.5. The second kappa shape index (κ2) is 14.4. The molecule has 0 bridgehead atoms. The molecule has 1 amide bonds. The number of likely N-dealkylation sites (N-methyl/N-ethyl adjacent to an activating group) is 1. The molecular formula is C38H40N8O5S. The van der Waals surface area contributed by atoms with Crippen molar-refractivity contribution in [2.75, 3.05) is 30.8 Å². The van der Waals surface area contributed by atoms with E-state index in [9.17, 15) is 9.59 Å². The first-order valence-corrected chi connectivity index (χ1v) is 17.4. The van der Waals surface area contributed by atoms with E-state index in [0.29, 0.717) is 30.1 Å². The molecule has 1 aliphatic rings. The van der Waals surface area contributed by atoms with Crippen LogP contribution in [-0.2, 0) is 32.8 Å². The van der Waals surface area contributed by atoms with Gasteiger partial charge in [0.25, 0.3) is 5.70 Å². The number of amides is 1. The average Bonchev–Trinajstić information content (AvgIpc) is 3.80. The minimum Gasteiger partial charge on any atom is -0.471 e. The number of benzene rings is 2. The summed E-state index contributed by atoms with van der Waals surface area (Å²) in [4.78, 5) is 47.7. The number of alkyl carbamates (subject to hydrolysis) is 1. The molecule has 0 radical (unpaired) electrons. The van der Waals surface area contributed by atoms with Crippen LogP contribution < -0.4 is 20.7 Å². The Kier molecular flexibility index (Phi) is 9.90. The molecule has 0 fully saturated rings. The number of H-pyrrole nitrogens is 1. The number of aromatic amines is 1. The third kappa shape index (κ3) is 7.84. The van der Waals surface area contributed by atoms with Crippen LogP contribution in [-0.4, -0.2) is 57.8 Å². The van der Waals surface area contributed by atoms with Crippen LogP contribution in [0, 0.1) is 6.57 Å². The number of nitrogens with zero attached hydrogens (tertiary/aromatic N) is 5. The average molecular weight is 721 g/mol. The Morgan fingerprint density at radius 1 is 1.10 bits per heavy atom. The van der Waals surface area contributed by atoms with E-state index >= 15 is 0 Å². The highest BCUT2D eigenvalue weighted by molar-refractivity contribution is 7.16. The topological polar surface area (TPSA) is 162 Å². The number of esters is 1. The molecule has 5 aromatic rings. The number of carbonyl (C=O) groups is 2. The van der Waals surface area contributed by atoms with Gasteiger partial charge in [0.2, 0.25) is 11.8 Å². The van der Waals surface area contributed by atoms with Gasteiger partial charge in [-0.2, -0.15) is 9.97 Å². The van der Waals surface area contributed by atoms with Crippen LogP contribution in [0.4, 0.5) is 16.4 Å². The first kappa shape index (κ1) is 35.9. The van der Waals surface area contributed by atoms with Gasteiger partial charge in [-0.25, -0.2) is 14.6 Å². The number of hydrogen-bond acceptors (Lipinski definition) is 11. The maximum atomic E-state index is 12.5. The summed E-state index contributed by atoms with van der Waals surface area (Å²) in [6.07, 6.45) is 2.63. The van der Waals surface area contributed by atoms with Gasteiger partial charge in [0.05, 0.1) is 19.4 Å². The predicted molar refractivity (Wildman–Crippen MR) is 201 cm³/mol. The monoisotopic (exact) mass is 720 g/mol. The van der Waals surface area contributed by atoms with E-state index in [0.717, 1.165) is 37.7 Å². The first-order chi connectivity index (χ1) is 24.7. The van der Waals surface area contributed by atoms with Crippen LogP contribution >= 0.6 is 11.3 Å². The van der Waals surface area contributed by atoms with Crippen molar-refractivity contribution in [3.8, 4) is 16.3 Å². The van der Waals surface area contributed by atoms with Gasteiger partial charge in [-0.15, -0.1) is 11.3 Å². The summed E-state index contributed by atoms with van der Waals surface area (Å²) in [7, 11) is 1.97. The highest BCUT2D eigenvalue weighted by Crippen LogP contribution is 2.53. The van der Waals surface area contributed by atoms with E-state index < -0.39 is 17.7 Å². The van der Waals surface area contributed by atoms with Crippen molar-refractivity contribution in [2.45, 2.75) is 58.8 Å². The molecule has 0 unspecified atom stereocenters. The molecule has 0 aliphatic heterocycles. The Hall–Kier alpha value is -5.94. The molecule has 0 saturated carbocycles. The summed E-state index contributed by atoms with van der Waals surface area (Å²) in [6, 6.07) is 16.1. The molecule has 52 heavy (non-hydrogen) atoms. The molecule has 2 aromatic carbocycles. The summed E-state index contributed by atoms with van der Waals surface area (Å²) >= 11 is 1.56. The van der Waals surface area contributed by atoms with Crippen LogP contribution in [0.25, 0.3) is 32.5 Å². The second-order valence-electron chi connectivity index (χ2n) is 13.9. The summed E-state index contributed by atoms with van der Waals surface area (Å²) in [5, 5.41) is 2.80. The third-order valence-corrected chi connectivity index (χ3v) is 9.67. The molecule has 0 atom stereocenters. The predicted octanol–water partition coefficient (Wildman–Crippen LogP) is 6.85. The van der Waals surface area contributed by atoms with Crippen LogP contribution in [0.2, 0.25) is 0 Å². The molecule has 0 saturated heterocycles. The molecule has 0 spiro atoms. The minimum atomic E-state index is -0.680. The van der Waals surface area contributed by atoms with E-state index in [4.69, 9.17) is 26.5 Å². The minimum absolute atomic E-state index is 0.0411. The van der Waals surface area contributed by atoms with E-state index in [-0.39, 0.29) is 30.3 Å². The lowest BCUT2D eigenvalue weighted by molar-refractivity contribution is -0.149. The van der Waals surface area contributed by atoms with Crippen LogP contribution in [0.15, 0.2) is 60.6 Å². The number of nitrogen functional groups attached to an aromatic ring is 1. The second-order valence-corrected chi connectivity index (χ2v) is 15.0. The molecule has 3 aromatic heterocycles. The molecule has 1 aliphatic carbocycles. The van der Waals surface area contributed by atoms with Crippen molar-refractivity contribution >= 4 is 52.3 Å². The number of ether oxygens (including phenoxy) is 3. The van der Waals surface area contributed by atoms with Crippen molar-refractivity contribution in [1.29, 1.82) is 0 Å². The molecule has 268 valence electrons. The van der Waals surface area contributed by atoms with Gasteiger partial charge in [-0.1, -0.05) is 44.2 Å². The largest absolute Gasteiger partial charge is 0.471 e. The zero-order valence-electron chi connectivity index (χ0n) is 29.9. The first-order valence-electron chi connectivity index (χ1n) is 16.6. The van der Waals surface area contributed by atoms with Crippen molar-refractivity contribution in [2.24, 2.45) is 0 Å². The fraction of sp³-hybridized carbons (Fsp3) is 0.316. The fourth-order valence-corrected chi connectivity index (χ4v) is 7.13. The van der Waals surface area contributed by atoms with E-state index in [1.54, 1.807) is 38.2 Å². The van der Waals surface area contributed by atoms with Gasteiger partial charge >= 0.3 is 12.1 Å². The van der Waals surface area contributed by atoms with Gasteiger partial charge in [0.15, 0.2) is 5.65 Å². The van der Waals surface area contributed by atoms with Crippen LogP contribution in [0.5, 0.6) is 5.88 Å². The quantitative estimate of drug-likeness (QED) is 0.0748. The Bertz CT molecular complexity index is 2210. The van der Waals surface area contributed by atoms with Gasteiger partial charge in [0, 0.05) is 34.4 Å². The fourth-order valence-electron chi connectivity index (χ4n) is 5.84. The number of thiophene rings is 1. The zero-order valence-corrected chi connectivity index (χ0v) is 30.7. The van der Waals surface area contributed by atoms with E-state index in [1.807, 2.05) is 31.3 Å². The lowest BCUT2D eigenvalue weighted by Crippen LogP contribution is -2.29. The smallest absolute Gasteiger partial charge is 0.407 e.